The number of methoxy groups -OCH3 is 1. The van der Waals surface area contributed by atoms with Crippen LogP contribution in [0.25, 0.3) is 22.3 Å². The summed E-state index contributed by atoms with van der Waals surface area (Å²) in [5.74, 6) is -1.21. The van der Waals surface area contributed by atoms with E-state index in [4.69, 9.17) is 53.0 Å². The molecule has 2 saturated heterocycles. The normalized spacial score (nSPS) is 28.1. The molecule has 2 aliphatic carbocycles. The number of benzene rings is 4. The van der Waals surface area contributed by atoms with E-state index in [1.165, 1.54) is 30.7 Å². The lowest BCUT2D eigenvalue weighted by atomic mass is 10.0. The van der Waals surface area contributed by atoms with Crippen molar-refractivity contribution in [1.82, 2.24) is 39.0 Å². The summed E-state index contributed by atoms with van der Waals surface area (Å²) < 4.78 is 90.7. The smallest absolute Gasteiger partial charge is 0.423 e. The van der Waals surface area contributed by atoms with Gasteiger partial charge in [-0.1, -0.05) is 59.7 Å². The van der Waals surface area contributed by atoms with E-state index >= 15 is 9.13 Å². The Morgan fingerprint density at radius 1 is 0.802 bits per heavy atom. The van der Waals surface area contributed by atoms with Crippen LogP contribution >= 0.6 is 26.0 Å². The first-order chi connectivity index (χ1) is 39.0. The molecular formula is C53H52N10O15P2S. The Labute approximate surface area is 464 Å². The van der Waals surface area contributed by atoms with Crippen molar-refractivity contribution in [3.05, 3.63) is 160 Å². The monoisotopic (exact) mass is 1160 g/mol. The molecule has 0 amide bonds. The van der Waals surface area contributed by atoms with Gasteiger partial charge in [0.2, 0.25) is 5.95 Å². The number of H-pyrrole nitrogens is 1. The lowest BCUT2D eigenvalue weighted by Gasteiger charge is -2.32. The average Bonchev–Trinajstić information content (AvgIpc) is 2.03. The maximum Gasteiger partial charge on any atom is 0.475 e. The van der Waals surface area contributed by atoms with Crippen molar-refractivity contribution in [3.63, 3.8) is 0 Å². The zero-order valence-electron chi connectivity index (χ0n) is 43.4. The van der Waals surface area contributed by atoms with Crippen LogP contribution in [0.4, 0.5) is 11.8 Å². The fourth-order valence-electron chi connectivity index (χ4n) is 10.5. The number of aliphatic hydroxyl groups excluding tert-OH is 1. The highest BCUT2D eigenvalue weighted by atomic mass is 32.7. The lowest BCUT2D eigenvalue weighted by molar-refractivity contribution is -0.0617. The van der Waals surface area contributed by atoms with Gasteiger partial charge >= 0.3 is 26.6 Å². The third-order valence-corrected chi connectivity index (χ3v) is 19.8. The number of phosphoric acid groups is 1. The minimum Gasteiger partial charge on any atom is -0.423 e. The summed E-state index contributed by atoms with van der Waals surface area (Å²) in [6.07, 6.45) is -3.67. The number of carbonyl (C=O) groups is 2. The van der Waals surface area contributed by atoms with Crippen molar-refractivity contribution in [2.45, 2.75) is 75.4 Å². The highest BCUT2D eigenvalue weighted by Gasteiger charge is 2.74. The number of phosphoric ester groups is 1. The van der Waals surface area contributed by atoms with Gasteiger partial charge in [-0.15, -0.1) is 0 Å². The molecule has 0 radical (unpaired) electrons. The van der Waals surface area contributed by atoms with Gasteiger partial charge in [-0.2, -0.15) is 4.98 Å². The minimum atomic E-state index is -4.90. The minimum absolute atomic E-state index is 0.0275. The number of aliphatic hydroxyl groups is 1. The summed E-state index contributed by atoms with van der Waals surface area (Å²) in [5, 5.41) is 12.6. The number of ether oxygens (including phenoxy) is 4. The first kappa shape index (κ1) is 54.4. The van der Waals surface area contributed by atoms with Crippen LogP contribution in [0.5, 0.6) is 11.5 Å². The van der Waals surface area contributed by atoms with Crippen molar-refractivity contribution in [2.75, 3.05) is 31.8 Å². The fourth-order valence-corrected chi connectivity index (χ4v) is 15.4. The van der Waals surface area contributed by atoms with Crippen LogP contribution in [0, 0.1) is 25.2 Å². The number of nitrogens with one attached hydrogen (secondary N) is 1. The van der Waals surface area contributed by atoms with E-state index in [1.54, 1.807) is 89.5 Å². The van der Waals surface area contributed by atoms with Crippen molar-refractivity contribution >= 4 is 72.0 Å². The molecule has 6 N–H and O–H groups in total. The molecule has 3 unspecified atom stereocenters. The van der Waals surface area contributed by atoms with Gasteiger partial charge in [0.05, 0.1) is 49.6 Å². The topological polar surface area (TPSA) is 331 Å². The zero-order chi connectivity index (χ0) is 56.4. The van der Waals surface area contributed by atoms with E-state index in [2.05, 4.69) is 29.9 Å². The third kappa shape index (κ3) is 10.7. The molecule has 81 heavy (non-hydrogen) atoms. The molecule has 25 nitrogen and oxygen atoms in total. The van der Waals surface area contributed by atoms with E-state index < -0.39 is 99.5 Å². The molecule has 8 aromatic rings. The number of hydrogen-bond acceptors (Lipinski definition) is 23. The van der Waals surface area contributed by atoms with Gasteiger partial charge < -0.3 is 40.1 Å². The molecule has 4 aromatic heterocycles. The molecule has 4 fully saturated rings. The highest BCUT2D eigenvalue weighted by Crippen LogP contribution is 2.75. The van der Waals surface area contributed by atoms with Crippen LogP contribution in [0.2, 0.25) is 0 Å². The quantitative estimate of drug-likeness (QED) is 0.0503. The fraction of sp³-hybridized carbons (Fsp3) is 0.321. The summed E-state index contributed by atoms with van der Waals surface area (Å²) >= 11 is 0.829. The molecule has 28 heteroatoms. The molecular weight excluding hydrogens is 1110 g/mol. The van der Waals surface area contributed by atoms with Gasteiger partial charge in [0.1, 0.15) is 53.9 Å². The number of nitrogens with zero attached hydrogens (tertiary/aromatic N) is 7. The Bertz CT molecular complexity index is 3850. The second-order valence-corrected chi connectivity index (χ2v) is 25.7. The van der Waals surface area contributed by atoms with Crippen molar-refractivity contribution in [2.24, 2.45) is 11.3 Å². The zero-order valence-corrected chi connectivity index (χ0v) is 46.0. The number of aryl methyl sites for hydroxylation is 2. The molecule has 11 atom stereocenters. The first-order valence-corrected chi connectivity index (χ1v) is 30.0. The van der Waals surface area contributed by atoms with Gasteiger partial charge in [0.15, 0.2) is 28.9 Å². The molecule has 4 aromatic carbocycles. The molecule has 2 saturated carbocycles. The number of imidazole rings is 2. The molecule has 1 spiro atoms. The van der Waals surface area contributed by atoms with E-state index in [0.29, 0.717) is 27.9 Å². The molecule has 2 aliphatic heterocycles. The molecule has 12 rings (SSSR count). The number of rotatable bonds is 13. The van der Waals surface area contributed by atoms with Gasteiger partial charge in [-0.3, -0.25) is 37.0 Å². The van der Waals surface area contributed by atoms with E-state index in [1.807, 2.05) is 26.0 Å². The van der Waals surface area contributed by atoms with Crippen molar-refractivity contribution in [1.29, 1.82) is 0 Å². The standard InChI is InChI=1S/C53H52N10O15P2S/c1-28-4-12-32(13-5-28)50(66)74-34-16-8-30(9-17-34)21-71-79(68)73-24-53-20-36(53)40(62-26-58-38-45(54)56-25-57-46(38)62)41(64)44(53)78-80(69,81-23-31-10-18-35(19-11-31)75-51(67)33-14-6-29(2)7-15-33)72-22-37-42(70-3)43(77-79)49(76-37)63-27-59-39-47(63)60-52(55)61-48(39)65/h4-19,25-27,36-37,40-44,49,64H,20-24H2,1-3H3,(H2,54,56,57)(H3,55,60,61,65)/t36-,37-,40-,41+,42-,43-,44+,49-,53?,79?,80?/m1/s1. The number of nitrogen functional groups attached to an aromatic ring is 2. The van der Waals surface area contributed by atoms with Crippen molar-refractivity contribution in [3.8, 4) is 11.5 Å². The number of aromatic nitrogens is 8. The molecule has 2 bridgehead atoms. The predicted molar refractivity (Wildman–Crippen MR) is 291 cm³/mol. The maximum atomic E-state index is 15.7. The Balaban J connectivity index is 0.883. The number of fused-ring (bicyclic) bond motifs is 4. The highest BCUT2D eigenvalue weighted by molar-refractivity contribution is 8.54. The van der Waals surface area contributed by atoms with Gasteiger partial charge in [-0.05, 0) is 97.2 Å². The number of anilines is 2. The lowest BCUT2D eigenvalue weighted by Crippen LogP contribution is -2.38. The number of hydrogen-bond donors (Lipinski definition) is 4. The summed E-state index contributed by atoms with van der Waals surface area (Å²) in [5.41, 5.74) is 14.6. The average molecular weight is 1160 g/mol. The Morgan fingerprint density at radius 2 is 1.43 bits per heavy atom. The Hall–Kier alpha value is -7.19. The van der Waals surface area contributed by atoms with Crippen molar-refractivity contribution < 1.29 is 65.4 Å². The van der Waals surface area contributed by atoms with Crippen LogP contribution in [0.15, 0.2) is 121 Å². The van der Waals surface area contributed by atoms with Crippen LogP contribution in [-0.2, 0) is 53.6 Å². The molecule has 420 valence electrons. The van der Waals surface area contributed by atoms with E-state index in [-0.39, 0.29) is 58.7 Å². The number of nitrogens with two attached hydrogens (primary N) is 2. The summed E-state index contributed by atoms with van der Waals surface area (Å²) in [6, 6.07) is 26.0. The van der Waals surface area contributed by atoms with Crippen LogP contribution in [-0.4, -0.2) is 107 Å². The van der Waals surface area contributed by atoms with Gasteiger partial charge in [0, 0.05) is 18.3 Å². The third-order valence-electron chi connectivity index (χ3n) is 14.8. The van der Waals surface area contributed by atoms with Crippen LogP contribution < -0.4 is 26.5 Å². The Morgan fingerprint density at radius 3 is 2.09 bits per heavy atom. The molecule has 6 heterocycles. The second-order valence-electron chi connectivity index (χ2n) is 20.1. The Kier molecular flexibility index (Phi) is 14.5. The van der Waals surface area contributed by atoms with E-state index in [0.717, 1.165) is 22.5 Å². The van der Waals surface area contributed by atoms with Crippen LogP contribution in [0.1, 0.15) is 61.7 Å². The largest absolute Gasteiger partial charge is 0.475 e. The summed E-state index contributed by atoms with van der Waals surface area (Å²) in [4.78, 5) is 62.9. The number of aromatic amines is 1. The maximum absolute atomic E-state index is 15.7. The predicted octanol–water partition coefficient (Wildman–Crippen LogP) is 7.20. The SMILES string of the molecule is CO[C@H]1[C@H]2OP(=O)(OCc3ccc(OC(=O)c4ccc(C)cc4)cc3)OCC34C[C@@H]3[C@@H](n3cnc5c(N)ncnc53)[C@H](O)[C@@H]4OP(=O)(SCc3ccc(OC(=O)c4ccc(C)cc4)cc3)OC[C@H]1O[C@H]2n1cnc2c(=O)[nH]c(N)nc21. The second kappa shape index (κ2) is 21.6. The number of carbonyl (C=O) groups excluding carboxylic acids is 2. The number of esters is 2. The first-order valence-electron chi connectivity index (χ1n) is 25.4. The summed E-state index contributed by atoms with van der Waals surface area (Å²) in [7, 11) is -3.55. The molecule has 4 aliphatic rings. The van der Waals surface area contributed by atoms with Gasteiger partial charge in [0.25, 0.3) is 5.56 Å². The van der Waals surface area contributed by atoms with E-state index in [9.17, 15) is 19.5 Å². The van der Waals surface area contributed by atoms with Gasteiger partial charge in [-0.25, -0.2) is 38.7 Å². The van der Waals surface area contributed by atoms with Crippen LogP contribution in [0.3, 0.4) is 0 Å². The summed E-state index contributed by atoms with van der Waals surface area (Å²) in [6.45, 7) is -2.00.